The molecular weight excluding hydrogens is 274 g/mol. The van der Waals surface area contributed by atoms with E-state index in [0.717, 1.165) is 30.0 Å². The maximum atomic E-state index is 4.93. The highest BCUT2D eigenvalue weighted by atomic mass is 15.2. The number of rotatable bonds is 3. The molecule has 2 fully saturated rings. The van der Waals surface area contributed by atoms with Gasteiger partial charge < -0.3 is 14.4 Å². The van der Waals surface area contributed by atoms with E-state index < -0.39 is 0 Å². The standard InChI is InChI=1S/C17H25N5/c1-20-8-5-13(11-20)10-16-19-15-4-3-7-18-17(15)22(16)14-6-9-21(2)12-14/h3-4,7,13-14H,5-6,8-12H2,1-2H3. The van der Waals surface area contributed by atoms with Gasteiger partial charge in [-0.25, -0.2) is 9.97 Å². The Balaban J connectivity index is 1.70. The van der Waals surface area contributed by atoms with Gasteiger partial charge in [0.15, 0.2) is 5.65 Å². The summed E-state index contributed by atoms with van der Waals surface area (Å²) in [5, 5.41) is 0. The number of nitrogens with zero attached hydrogens (tertiary/aromatic N) is 5. The average Bonchev–Trinajstić information content (AvgIpc) is 3.18. The van der Waals surface area contributed by atoms with Crippen LogP contribution in [0.15, 0.2) is 18.3 Å². The van der Waals surface area contributed by atoms with Gasteiger partial charge in [0.1, 0.15) is 11.3 Å². The van der Waals surface area contributed by atoms with Crippen LogP contribution < -0.4 is 0 Å². The van der Waals surface area contributed by atoms with Crippen molar-refractivity contribution >= 4 is 11.2 Å². The fourth-order valence-corrected chi connectivity index (χ4v) is 4.08. The van der Waals surface area contributed by atoms with E-state index in [2.05, 4.69) is 39.5 Å². The predicted octanol–water partition coefficient (Wildman–Crippen LogP) is 1.80. The number of imidazole rings is 1. The fraction of sp³-hybridized carbons (Fsp3) is 0.647. The third-order valence-corrected chi connectivity index (χ3v) is 5.21. The number of likely N-dealkylation sites (tertiary alicyclic amines) is 2. The molecule has 2 aliphatic rings. The van der Waals surface area contributed by atoms with Gasteiger partial charge in [0.2, 0.25) is 0 Å². The molecule has 2 atom stereocenters. The van der Waals surface area contributed by atoms with Gasteiger partial charge in [-0.2, -0.15) is 0 Å². The summed E-state index contributed by atoms with van der Waals surface area (Å²) in [5.41, 5.74) is 2.13. The van der Waals surface area contributed by atoms with Gasteiger partial charge in [-0.1, -0.05) is 0 Å². The van der Waals surface area contributed by atoms with Crippen molar-refractivity contribution in [2.75, 3.05) is 40.3 Å². The van der Waals surface area contributed by atoms with Crippen molar-refractivity contribution < 1.29 is 0 Å². The number of fused-ring (bicyclic) bond motifs is 1. The van der Waals surface area contributed by atoms with Gasteiger partial charge in [0.25, 0.3) is 0 Å². The molecule has 22 heavy (non-hydrogen) atoms. The molecular formula is C17H25N5. The summed E-state index contributed by atoms with van der Waals surface area (Å²) >= 11 is 0. The molecule has 2 unspecified atom stereocenters. The Morgan fingerprint density at radius 2 is 1.95 bits per heavy atom. The van der Waals surface area contributed by atoms with E-state index in [1.165, 1.54) is 38.3 Å². The maximum Gasteiger partial charge on any atom is 0.160 e. The van der Waals surface area contributed by atoms with E-state index in [-0.39, 0.29) is 0 Å². The van der Waals surface area contributed by atoms with Crippen molar-refractivity contribution in [2.45, 2.75) is 25.3 Å². The quantitative estimate of drug-likeness (QED) is 0.866. The zero-order valence-corrected chi connectivity index (χ0v) is 13.6. The van der Waals surface area contributed by atoms with Crippen molar-refractivity contribution in [3.05, 3.63) is 24.2 Å². The van der Waals surface area contributed by atoms with Gasteiger partial charge in [0.05, 0.1) is 6.04 Å². The van der Waals surface area contributed by atoms with Gasteiger partial charge in [-0.3, -0.25) is 0 Å². The van der Waals surface area contributed by atoms with Crippen LogP contribution in [-0.2, 0) is 6.42 Å². The Kier molecular flexibility index (Phi) is 3.62. The normalized spacial score (nSPS) is 27.2. The zero-order valence-electron chi connectivity index (χ0n) is 13.6. The summed E-state index contributed by atoms with van der Waals surface area (Å²) in [6.07, 6.45) is 5.47. The summed E-state index contributed by atoms with van der Waals surface area (Å²) in [6, 6.07) is 4.62. The van der Waals surface area contributed by atoms with Gasteiger partial charge in [-0.15, -0.1) is 0 Å². The number of hydrogen-bond donors (Lipinski definition) is 0. The molecule has 2 aromatic heterocycles. The first-order valence-electron chi connectivity index (χ1n) is 8.39. The second-order valence-corrected chi connectivity index (χ2v) is 7.07. The fourth-order valence-electron chi connectivity index (χ4n) is 4.08. The van der Waals surface area contributed by atoms with Crippen LogP contribution >= 0.6 is 0 Å². The van der Waals surface area contributed by atoms with Crippen molar-refractivity contribution in [1.29, 1.82) is 0 Å². The Morgan fingerprint density at radius 3 is 2.68 bits per heavy atom. The van der Waals surface area contributed by atoms with Crippen LogP contribution in [0.5, 0.6) is 0 Å². The molecule has 0 saturated carbocycles. The molecule has 0 aliphatic carbocycles. The van der Waals surface area contributed by atoms with E-state index in [4.69, 9.17) is 4.98 Å². The Morgan fingerprint density at radius 1 is 1.14 bits per heavy atom. The van der Waals surface area contributed by atoms with Crippen LogP contribution in [0, 0.1) is 5.92 Å². The number of likely N-dealkylation sites (N-methyl/N-ethyl adjacent to an activating group) is 1. The lowest BCUT2D eigenvalue weighted by atomic mass is 10.0. The van der Waals surface area contributed by atoms with Crippen LogP contribution in [-0.4, -0.2) is 64.6 Å². The van der Waals surface area contributed by atoms with Crippen molar-refractivity contribution in [2.24, 2.45) is 5.92 Å². The minimum Gasteiger partial charge on any atom is -0.308 e. The molecule has 5 nitrogen and oxygen atoms in total. The summed E-state index contributed by atoms with van der Waals surface area (Å²) in [7, 11) is 4.43. The summed E-state index contributed by atoms with van der Waals surface area (Å²) < 4.78 is 2.44. The lowest BCUT2D eigenvalue weighted by molar-refractivity contribution is 0.380. The van der Waals surface area contributed by atoms with E-state index in [9.17, 15) is 0 Å². The second-order valence-electron chi connectivity index (χ2n) is 7.07. The van der Waals surface area contributed by atoms with Crippen LogP contribution in [0.2, 0.25) is 0 Å². The van der Waals surface area contributed by atoms with Crippen LogP contribution in [0.1, 0.15) is 24.7 Å². The minimum absolute atomic E-state index is 0.527. The largest absolute Gasteiger partial charge is 0.308 e. The van der Waals surface area contributed by atoms with Gasteiger partial charge >= 0.3 is 0 Å². The highest BCUT2D eigenvalue weighted by Crippen LogP contribution is 2.29. The van der Waals surface area contributed by atoms with Crippen molar-refractivity contribution in [1.82, 2.24) is 24.3 Å². The van der Waals surface area contributed by atoms with Crippen LogP contribution in [0.25, 0.3) is 11.2 Å². The summed E-state index contributed by atoms with van der Waals surface area (Å²) in [5.74, 6) is 1.98. The average molecular weight is 299 g/mol. The molecule has 0 amide bonds. The maximum absolute atomic E-state index is 4.93. The molecule has 4 heterocycles. The lowest BCUT2D eigenvalue weighted by Gasteiger charge is -2.18. The Labute approximate surface area is 131 Å². The van der Waals surface area contributed by atoms with E-state index >= 15 is 0 Å². The molecule has 5 heteroatoms. The third-order valence-electron chi connectivity index (χ3n) is 5.21. The van der Waals surface area contributed by atoms with Crippen LogP contribution in [0.3, 0.4) is 0 Å². The van der Waals surface area contributed by atoms with Gasteiger partial charge in [-0.05, 0) is 58.1 Å². The SMILES string of the molecule is CN1CCC(Cc2nc3cccnc3n2C2CCN(C)C2)C1. The van der Waals surface area contributed by atoms with Gasteiger partial charge in [0, 0.05) is 25.7 Å². The Hall–Kier alpha value is -1.46. The number of aromatic nitrogens is 3. The summed E-state index contributed by atoms with van der Waals surface area (Å²) in [6.45, 7) is 4.69. The first kappa shape index (κ1) is 14.2. The molecule has 0 bridgehead atoms. The number of hydrogen-bond acceptors (Lipinski definition) is 4. The first-order valence-corrected chi connectivity index (χ1v) is 8.39. The smallest absolute Gasteiger partial charge is 0.160 e. The molecule has 118 valence electrons. The summed E-state index contributed by atoms with van der Waals surface area (Å²) in [4.78, 5) is 14.4. The molecule has 0 radical (unpaired) electrons. The topological polar surface area (TPSA) is 37.2 Å². The minimum atomic E-state index is 0.527. The molecule has 0 spiro atoms. The van der Waals surface area contributed by atoms with Crippen molar-refractivity contribution in [3.63, 3.8) is 0 Å². The van der Waals surface area contributed by atoms with Crippen molar-refractivity contribution in [3.8, 4) is 0 Å². The zero-order chi connectivity index (χ0) is 15.1. The predicted molar refractivity (Wildman–Crippen MR) is 88.0 cm³/mol. The number of pyridine rings is 1. The molecule has 0 N–H and O–H groups in total. The first-order chi connectivity index (χ1) is 10.7. The van der Waals surface area contributed by atoms with E-state index in [1.54, 1.807) is 0 Å². The molecule has 2 aromatic rings. The third kappa shape index (κ3) is 2.52. The Bertz CT molecular complexity index is 664. The van der Waals surface area contributed by atoms with E-state index in [1.807, 2.05) is 12.3 Å². The molecule has 2 saturated heterocycles. The van der Waals surface area contributed by atoms with E-state index in [0.29, 0.717) is 6.04 Å². The molecule has 0 aromatic carbocycles. The molecule has 4 rings (SSSR count). The van der Waals surface area contributed by atoms with Crippen LogP contribution in [0.4, 0.5) is 0 Å². The highest BCUT2D eigenvalue weighted by molar-refractivity contribution is 5.71. The molecule has 2 aliphatic heterocycles. The monoisotopic (exact) mass is 299 g/mol. The second kappa shape index (κ2) is 5.63. The highest BCUT2D eigenvalue weighted by Gasteiger charge is 2.28. The lowest BCUT2D eigenvalue weighted by Crippen LogP contribution is -2.20.